The van der Waals surface area contributed by atoms with Gasteiger partial charge in [-0.1, -0.05) is 12.1 Å². The normalized spacial score (nSPS) is 12.2. The van der Waals surface area contributed by atoms with Crippen LogP contribution in [-0.4, -0.2) is 18.2 Å². The van der Waals surface area contributed by atoms with Crippen molar-refractivity contribution < 1.29 is 4.79 Å². The van der Waals surface area contributed by atoms with E-state index in [0.29, 0.717) is 6.42 Å². The molecule has 1 unspecified atom stereocenters. The van der Waals surface area contributed by atoms with Crippen LogP contribution in [0, 0.1) is 0 Å². The van der Waals surface area contributed by atoms with E-state index in [9.17, 15) is 4.79 Å². The van der Waals surface area contributed by atoms with Crippen LogP contribution in [0.4, 0.5) is 5.69 Å². The fourth-order valence-corrected chi connectivity index (χ4v) is 1.80. The summed E-state index contributed by atoms with van der Waals surface area (Å²) in [5, 5.41) is 2.85. The van der Waals surface area contributed by atoms with Crippen LogP contribution in [0.5, 0.6) is 0 Å². The Morgan fingerprint density at radius 1 is 1.53 bits per heavy atom. The molecule has 0 aromatic heterocycles. The Balaban J connectivity index is 2.67. The zero-order valence-corrected chi connectivity index (χ0v) is 9.80. The Morgan fingerprint density at radius 2 is 2.20 bits per heavy atom. The third-order valence-corrected chi connectivity index (χ3v) is 2.68. The number of hydrogen-bond donors (Lipinski definition) is 2. The van der Waals surface area contributed by atoms with E-state index in [1.807, 2.05) is 37.4 Å². The summed E-state index contributed by atoms with van der Waals surface area (Å²) in [6, 6.07) is 7.62. The highest BCUT2D eigenvalue weighted by Gasteiger charge is 2.07. The van der Waals surface area contributed by atoms with Gasteiger partial charge in [0.1, 0.15) is 0 Å². The summed E-state index contributed by atoms with van der Waals surface area (Å²) in [7, 11) is 0. The first-order chi connectivity index (χ1) is 7.13. The molecule has 1 aromatic carbocycles. The second kappa shape index (κ2) is 5.78. The molecule has 1 rings (SSSR count). The molecule has 1 amide bonds. The molecule has 1 atom stereocenters. The average molecular weight is 224 g/mol. The van der Waals surface area contributed by atoms with Crippen LogP contribution in [-0.2, 0) is 4.79 Å². The summed E-state index contributed by atoms with van der Waals surface area (Å²) in [4.78, 5) is 12.6. The minimum atomic E-state index is -0.105. The van der Waals surface area contributed by atoms with E-state index in [1.54, 1.807) is 11.8 Å². The number of nitrogens with two attached hydrogens (primary N) is 1. The molecule has 1 aromatic rings. The number of nitrogens with one attached hydrogen (secondary N) is 1. The minimum Gasteiger partial charge on any atom is -0.327 e. The number of thioether (sulfide) groups is 1. The van der Waals surface area contributed by atoms with Crippen LogP contribution >= 0.6 is 11.8 Å². The molecule has 3 N–H and O–H groups in total. The number of hydrogen-bond acceptors (Lipinski definition) is 3. The summed E-state index contributed by atoms with van der Waals surface area (Å²) in [5.74, 6) is -0.0356. The number of amides is 1. The molecule has 0 fully saturated rings. The molecule has 0 saturated carbocycles. The monoisotopic (exact) mass is 224 g/mol. The Kier molecular flexibility index (Phi) is 4.65. The second-order valence-electron chi connectivity index (χ2n) is 3.43. The van der Waals surface area contributed by atoms with Crippen molar-refractivity contribution in [2.45, 2.75) is 24.3 Å². The van der Waals surface area contributed by atoms with Gasteiger partial charge in [-0.15, -0.1) is 11.8 Å². The highest BCUT2D eigenvalue weighted by atomic mass is 32.2. The predicted octanol–water partition coefficient (Wildman–Crippen LogP) is 2.08. The lowest BCUT2D eigenvalue weighted by Gasteiger charge is -2.10. The second-order valence-corrected chi connectivity index (χ2v) is 4.28. The number of carbonyl (C=O) groups excluding carboxylic acids is 1. The van der Waals surface area contributed by atoms with E-state index in [-0.39, 0.29) is 11.9 Å². The summed E-state index contributed by atoms with van der Waals surface area (Å²) in [6.45, 7) is 1.82. The molecule has 4 heteroatoms. The van der Waals surface area contributed by atoms with Crippen molar-refractivity contribution in [3.63, 3.8) is 0 Å². The van der Waals surface area contributed by atoms with Gasteiger partial charge in [-0.3, -0.25) is 4.79 Å². The molecule has 0 bridgehead atoms. The maximum atomic E-state index is 11.5. The van der Waals surface area contributed by atoms with Crippen LogP contribution in [0.3, 0.4) is 0 Å². The van der Waals surface area contributed by atoms with Gasteiger partial charge in [-0.25, -0.2) is 0 Å². The molecule has 15 heavy (non-hydrogen) atoms. The molecular formula is C11H16N2OS. The molecule has 3 nitrogen and oxygen atoms in total. The van der Waals surface area contributed by atoms with Crippen molar-refractivity contribution in [1.82, 2.24) is 0 Å². The van der Waals surface area contributed by atoms with Gasteiger partial charge in [0.15, 0.2) is 0 Å². The van der Waals surface area contributed by atoms with Crippen LogP contribution in [0.15, 0.2) is 29.2 Å². The molecule has 82 valence electrons. The first-order valence-corrected chi connectivity index (χ1v) is 6.04. The lowest BCUT2D eigenvalue weighted by Crippen LogP contribution is -2.24. The number of carbonyl (C=O) groups is 1. The molecule has 0 aliphatic rings. The standard InChI is InChI=1S/C11H16N2OS/c1-8(12)7-11(14)13-9-5-3-4-6-10(9)15-2/h3-6,8H,7,12H2,1-2H3,(H,13,14). The molecule has 0 heterocycles. The van der Waals surface area contributed by atoms with E-state index >= 15 is 0 Å². The molecule has 0 aliphatic carbocycles. The first kappa shape index (κ1) is 12.1. The van der Waals surface area contributed by atoms with Gasteiger partial charge >= 0.3 is 0 Å². The molecular weight excluding hydrogens is 208 g/mol. The Labute approximate surface area is 94.4 Å². The Bertz CT molecular complexity index is 339. The summed E-state index contributed by atoms with van der Waals surface area (Å²) < 4.78 is 0. The van der Waals surface area contributed by atoms with Gasteiger partial charge in [0.2, 0.25) is 5.91 Å². The minimum absolute atomic E-state index is 0.0356. The van der Waals surface area contributed by atoms with Crippen molar-refractivity contribution >= 4 is 23.4 Å². The van der Waals surface area contributed by atoms with E-state index in [1.165, 1.54) is 0 Å². The maximum absolute atomic E-state index is 11.5. The first-order valence-electron chi connectivity index (χ1n) is 4.82. The lowest BCUT2D eigenvalue weighted by molar-refractivity contribution is -0.116. The van der Waals surface area contributed by atoms with Crippen molar-refractivity contribution in [2.24, 2.45) is 5.73 Å². The Hall–Kier alpha value is -1.00. The average Bonchev–Trinajstić information content (AvgIpc) is 2.17. The number of para-hydroxylation sites is 1. The zero-order chi connectivity index (χ0) is 11.3. The topological polar surface area (TPSA) is 55.1 Å². The van der Waals surface area contributed by atoms with Crippen LogP contribution in [0.25, 0.3) is 0 Å². The van der Waals surface area contributed by atoms with Crippen molar-refractivity contribution in [3.05, 3.63) is 24.3 Å². The van der Waals surface area contributed by atoms with Crippen LogP contribution in [0.1, 0.15) is 13.3 Å². The van der Waals surface area contributed by atoms with E-state index in [2.05, 4.69) is 5.32 Å². The van der Waals surface area contributed by atoms with Gasteiger partial charge in [0, 0.05) is 17.4 Å². The fraction of sp³-hybridized carbons (Fsp3) is 0.364. The summed E-state index contributed by atoms with van der Waals surface area (Å²) in [5.41, 5.74) is 6.41. The van der Waals surface area contributed by atoms with Gasteiger partial charge in [0.25, 0.3) is 0 Å². The van der Waals surface area contributed by atoms with Crippen LogP contribution < -0.4 is 11.1 Å². The van der Waals surface area contributed by atoms with Gasteiger partial charge in [-0.05, 0) is 25.3 Å². The van der Waals surface area contributed by atoms with E-state index in [0.717, 1.165) is 10.6 Å². The third kappa shape index (κ3) is 3.93. The van der Waals surface area contributed by atoms with Crippen molar-refractivity contribution in [2.75, 3.05) is 11.6 Å². The van der Waals surface area contributed by atoms with Crippen molar-refractivity contribution in [3.8, 4) is 0 Å². The number of anilines is 1. The zero-order valence-electron chi connectivity index (χ0n) is 8.99. The third-order valence-electron chi connectivity index (χ3n) is 1.89. The summed E-state index contributed by atoms with van der Waals surface area (Å²) in [6.07, 6.45) is 2.33. The number of benzene rings is 1. The van der Waals surface area contributed by atoms with E-state index < -0.39 is 0 Å². The summed E-state index contributed by atoms with van der Waals surface area (Å²) >= 11 is 1.61. The highest BCUT2D eigenvalue weighted by Crippen LogP contribution is 2.24. The largest absolute Gasteiger partial charge is 0.327 e. The molecule has 0 aliphatic heterocycles. The smallest absolute Gasteiger partial charge is 0.225 e. The van der Waals surface area contributed by atoms with Crippen molar-refractivity contribution in [1.29, 1.82) is 0 Å². The van der Waals surface area contributed by atoms with Crippen LogP contribution in [0.2, 0.25) is 0 Å². The molecule has 0 radical (unpaired) electrons. The quantitative estimate of drug-likeness (QED) is 0.770. The highest BCUT2D eigenvalue weighted by molar-refractivity contribution is 7.98. The maximum Gasteiger partial charge on any atom is 0.225 e. The number of rotatable bonds is 4. The Morgan fingerprint density at radius 3 is 2.80 bits per heavy atom. The van der Waals surface area contributed by atoms with E-state index in [4.69, 9.17) is 5.73 Å². The van der Waals surface area contributed by atoms with Gasteiger partial charge in [-0.2, -0.15) is 0 Å². The molecule has 0 saturated heterocycles. The fourth-order valence-electron chi connectivity index (χ4n) is 1.24. The van der Waals surface area contributed by atoms with Gasteiger partial charge < -0.3 is 11.1 Å². The molecule has 0 spiro atoms. The lowest BCUT2D eigenvalue weighted by atomic mass is 10.2. The SMILES string of the molecule is CSc1ccccc1NC(=O)CC(C)N. The van der Waals surface area contributed by atoms with Gasteiger partial charge in [0.05, 0.1) is 5.69 Å². The predicted molar refractivity (Wildman–Crippen MR) is 65.1 cm³/mol.